The van der Waals surface area contributed by atoms with Gasteiger partial charge in [-0.3, -0.25) is 4.79 Å². The molecule has 0 aliphatic carbocycles. The summed E-state index contributed by atoms with van der Waals surface area (Å²) in [6.45, 7) is 6.73. The largest absolute Gasteiger partial charge is 0.384 e. The summed E-state index contributed by atoms with van der Waals surface area (Å²) in [7, 11) is 0. The smallest absolute Gasteiger partial charge is 0.187 e. The van der Waals surface area contributed by atoms with Gasteiger partial charge in [0.1, 0.15) is 0 Å². The third kappa shape index (κ3) is 4.60. The van der Waals surface area contributed by atoms with E-state index in [9.17, 15) is 4.79 Å². The molecule has 2 aromatic carbocycles. The van der Waals surface area contributed by atoms with E-state index in [-0.39, 0.29) is 5.78 Å². The van der Waals surface area contributed by atoms with E-state index in [0.29, 0.717) is 0 Å². The second kappa shape index (κ2) is 6.89. The molecule has 1 N–H and O–H groups in total. The van der Waals surface area contributed by atoms with Crippen LogP contribution < -0.4 is 5.32 Å². The average molecular weight is 279 g/mol. The van der Waals surface area contributed by atoms with Gasteiger partial charge < -0.3 is 5.32 Å². The third-order valence-electron chi connectivity index (χ3n) is 3.38. The molecule has 0 aliphatic rings. The quantitative estimate of drug-likeness (QED) is 0.657. The Kier molecular flexibility index (Phi) is 4.94. The Morgan fingerprint density at radius 1 is 0.952 bits per heavy atom. The standard InChI is InChI=1S/C19H21NO/c1-14-4-8-17(9-5-14)13-20-16(3)12-19(21)18-10-6-15(2)7-11-18/h4-12,20H,13H2,1-3H3/b16-12+. The van der Waals surface area contributed by atoms with Crippen LogP contribution in [0.2, 0.25) is 0 Å². The second-order valence-electron chi connectivity index (χ2n) is 5.40. The van der Waals surface area contributed by atoms with E-state index in [4.69, 9.17) is 0 Å². The normalized spacial score (nSPS) is 11.3. The topological polar surface area (TPSA) is 29.1 Å². The van der Waals surface area contributed by atoms with Crippen LogP contribution >= 0.6 is 0 Å². The number of carbonyl (C=O) groups excluding carboxylic acids is 1. The number of allylic oxidation sites excluding steroid dienone is 2. The van der Waals surface area contributed by atoms with Gasteiger partial charge in [0.25, 0.3) is 0 Å². The highest BCUT2D eigenvalue weighted by Crippen LogP contribution is 2.07. The molecule has 2 aromatic rings. The summed E-state index contributed by atoms with van der Waals surface area (Å²) < 4.78 is 0. The van der Waals surface area contributed by atoms with Gasteiger partial charge in [0.15, 0.2) is 5.78 Å². The molecule has 0 aliphatic heterocycles. The minimum atomic E-state index is 0.0314. The molecule has 2 rings (SSSR count). The molecule has 0 saturated heterocycles. The molecule has 0 heterocycles. The first kappa shape index (κ1) is 15.0. The molecule has 21 heavy (non-hydrogen) atoms. The van der Waals surface area contributed by atoms with Gasteiger partial charge in [-0.2, -0.15) is 0 Å². The van der Waals surface area contributed by atoms with E-state index in [1.807, 2.05) is 38.1 Å². The van der Waals surface area contributed by atoms with E-state index in [2.05, 4.69) is 36.5 Å². The van der Waals surface area contributed by atoms with Gasteiger partial charge in [0.05, 0.1) is 0 Å². The SMILES string of the molecule is C/C(=C\C(=O)c1ccc(C)cc1)NCc1ccc(C)cc1. The Hall–Kier alpha value is -2.35. The molecular formula is C19H21NO. The van der Waals surface area contributed by atoms with E-state index in [1.165, 1.54) is 11.1 Å². The van der Waals surface area contributed by atoms with Crippen LogP contribution in [0.1, 0.15) is 34.0 Å². The van der Waals surface area contributed by atoms with Crippen molar-refractivity contribution in [2.24, 2.45) is 0 Å². The number of aryl methyl sites for hydroxylation is 2. The summed E-state index contributed by atoms with van der Waals surface area (Å²) in [6.07, 6.45) is 1.65. The Balaban J connectivity index is 1.95. The molecule has 0 fully saturated rings. The van der Waals surface area contributed by atoms with Crippen molar-refractivity contribution in [3.63, 3.8) is 0 Å². The molecule has 108 valence electrons. The van der Waals surface area contributed by atoms with Gasteiger partial charge in [-0.1, -0.05) is 59.7 Å². The lowest BCUT2D eigenvalue weighted by atomic mass is 10.1. The Morgan fingerprint density at radius 2 is 1.48 bits per heavy atom. The lowest BCUT2D eigenvalue weighted by Crippen LogP contribution is -2.12. The molecular weight excluding hydrogens is 258 g/mol. The summed E-state index contributed by atoms with van der Waals surface area (Å²) in [5.41, 5.74) is 5.21. The fourth-order valence-corrected chi connectivity index (χ4v) is 2.00. The maximum Gasteiger partial charge on any atom is 0.187 e. The highest BCUT2D eigenvalue weighted by molar-refractivity contribution is 6.04. The zero-order valence-electron chi connectivity index (χ0n) is 12.8. The maximum atomic E-state index is 12.1. The highest BCUT2D eigenvalue weighted by Gasteiger charge is 2.02. The highest BCUT2D eigenvalue weighted by atomic mass is 16.1. The van der Waals surface area contributed by atoms with Crippen LogP contribution in [-0.2, 0) is 6.54 Å². The van der Waals surface area contributed by atoms with E-state index in [0.717, 1.165) is 23.4 Å². The van der Waals surface area contributed by atoms with Crippen molar-refractivity contribution in [3.8, 4) is 0 Å². The minimum absolute atomic E-state index is 0.0314. The first-order valence-corrected chi connectivity index (χ1v) is 7.13. The number of nitrogens with one attached hydrogen (secondary N) is 1. The zero-order valence-corrected chi connectivity index (χ0v) is 12.8. The predicted molar refractivity (Wildman–Crippen MR) is 87.3 cm³/mol. The van der Waals surface area contributed by atoms with E-state index >= 15 is 0 Å². The van der Waals surface area contributed by atoms with Crippen molar-refractivity contribution in [3.05, 3.63) is 82.6 Å². The van der Waals surface area contributed by atoms with E-state index < -0.39 is 0 Å². The van der Waals surface area contributed by atoms with Crippen molar-refractivity contribution in [1.82, 2.24) is 5.32 Å². The number of hydrogen-bond acceptors (Lipinski definition) is 2. The molecule has 0 unspecified atom stereocenters. The van der Waals surface area contributed by atoms with Crippen LogP contribution in [0.4, 0.5) is 0 Å². The van der Waals surface area contributed by atoms with Gasteiger partial charge in [0, 0.05) is 23.9 Å². The molecule has 0 spiro atoms. The molecule has 0 bridgehead atoms. The summed E-state index contributed by atoms with van der Waals surface area (Å²) in [5.74, 6) is 0.0314. The predicted octanol–water partition coefficient (Wildman–Crippen LogP) is 4.18. The van der Waals surface area contributed by atoms with Crippen molar-refractivity contribution in [2.45, 2.75) is 27.3 Å². The monoisotopic (exact) mass is 279 g/mol. The number of carbonyl (C=O) groups is 1. The lowest BCUT2D eigenvalue weighted by Gasteiger charge is -2.07. The van der Waals surface area contributed by atoms with Gasteiger partial charge >= 0.3 is 0 Å². The molecule has 0 atom stereocenters. The fraction of sp³-hybridized carbons (Fsp3) is 0.211. The van der Waals surface area contributed by atoms with Crippen LogP contribution in [0, 0.1) is 13.8 Å². The molecule has 2 nitrogen and oxygen atoms in total. The van der Waals surface area contributed by atoms with E-state index in [1.54, 1.807) is 6.08 Å². The summed E-state index contributed by atoms with van der Waals surface area (Å²) in [5, 5.41) is 3.27. The fourth-order valence-electron chi connectivity index (χ4n) is 2.00. The molecule has 0 radical (unpaired) electrons. The summed E-state index contributed by atoms with van der Waals surface area (Å²) >= 11 is 0. The van der Waals surface area contributed by atoms with Gasteiger partial charge in [0.2, 0.25) is 0 Å². The zero-order chi connectivity index (χ0) is 15.2. The van der Waals surface area contributed by atoms with Crippen molar-refractivity contribution in [2.75, 3.05) is 0 Å². The summed E-state index contributed by atoms with van der Waals surface area (Å²) in [4.78, 5) is 12.1. The average Bonchev–Trinajstić information content (AvgIpc) is 2.47. The first-order valence-electron chi connectivity index (χ1n) is 7.13. The summed E-state index contributed by atoms with van der Waals surface area (Å²) in [6, 6.07) is 16.0. The van der Waals surface area contributed by atoms with Crippen LogP contribution in [0.3, 0.4) is 0 Å². The second-order valence-corrected chi connectivity index (χ2v) is 5.40. The lowest BCUT2D eigenvalue weighted by molar-refractivity contribution is 0.104. The van der Waals surface area contributed by atoms with Crippen LogP contribution in [-0.4, -0.2) is 5.78 Å². The molecule has 0 saturated carbocycles. The Labute approximate surface area is 126 Å². The van der Waals surface area contributed by atoms with Gasteiger partial charge in [-0.05, 0) is 26.3 Å². The van der Waals surface area contributed by atoms with Gasteiger partial charge in [-0.25, -0.2) is 0 Å². The number of rotatable bonds is 5. The number of benzene rings is 2. The first-order chi connectivity index (χ1) is 10.0. The molecule has 0 aromatic heterocycles. The van der Waals surface area contributed by atoms with Crippen LogP contribution in [0.15, 0.2) is 60.3 Å². The molecule has 0 amide bonds. The minimum Gasteiger partial charge on any atom is -0.384 e. The van der Waals surface area contributed by atoms with Crippen molar-refractivity contribution < 1.29 is 4.79 Å². The maximum absolute atomic E-state index is 12.1. The van der Waals surface area contributed by atoms with Gasteiger partial charge in [-0.15, -0.1) is 0 Å². The molecule has 2 heteroatoms. The van der Waals surface area contributed by atoms with Crippen molar-refractivity contribution in [1.29, 1.82) is 0 Å². The number of ketones is 1. The van der Waals surface area contributed by atoms with Crippen LogP contribution in [0.5, 0.6) is 0 Å². The van der Waals surface area contributed by atoms with Crippen molar-refractivity contribution >= 4 is 5.78 Å². The van der Waals surface area contributed by atoms with Crippen LogP contribution in [0.25, 0.3) is 0 Å². The third-order valence-corrected chi connectivity index (χ3v) is 3.38. The Bertz CT molecular complexity index is 636. The Morgan fingerprint density at radius 3 is 2.05 bits per heavy atom. The number of hydrogen-bond donors (Lipinski definition) is 1.